The van der Waals surface area contributed by atoms with E-state index in [1.54, 1.807) is 6.20 Å². The maximum absolute atomic E-state index is 5.51. The minimum Gasteiger partial charge on any atom is -0.397 e. The smallest absolute Gasteiger partial charge is 0.126 e. The first-order chi connectivity index (χ1) is 6.22. The van der Waals surface area contributed by atoms with E-state index in [4.69, 9.17) is 5.73 Å². The number of nitrogen functional groups attached to an aromatic ring is 1. The van der Waals surface area contributed by atoms with Crippen LogP contribution >= 0.6 is 0 Å². The highest BCUT2D eigenvalue weighted by atomic mass is 15.0. The second kappa shape index (κ2) is 4.50. The van der Waals surface area contributed by atoms with Crippen molar-refractivity contribution >= 4 is 11.5 Å². The number of hydrogen-bond donors (Lipinski definition) is 2. The Morgan fingerprint density at radius 1 is 1.69 bits per heavy atom. The van der Waals surface area contributed by atoms with Crippen molar-refractivity contribution in [2.75, 3.05) is 11.1 Å². The van der Waals surface area contributed by atoms with E-state index in [0.717, 1.165) is 12.2 Å². The summed E-state index contributed by atoms with van der Waals surface area (Å²) in [6, 6.07) is 4.05. The maximum atomic E-state index is 5.51. The molecule has 70 valence electrons. The van der Waals surface area contributed by atoms with E-state index in [1.807, 2.05) is 18.2 Å². The molecule has 13 heavy (non-hydrogen) atoms. The third kappa shape index (κ3) is 3.15. The summed E-state index contributed by atoms with van der Waals surface area (Å²) < 4.78 is 0. The molecule has 0 aromatic carbocycles. The Kier molecular flexibility index (Phi) is 3.31. The highest BCUT2D eigenvalue weighted by Gasteiger charge is 1.99. The zero-order chi connectivity index (χ0) is 9.68. The molecule has 0 radical (unpaired) electrons. The zero-order valence-electron chi connectivity index (χ0n) is 7.83. The molecule has 3 nitrogen and oxygen atoms in total. The second-order valence-electron chi connectivity index (χ2n) is 3.05. The van der Waals surface area contributed by atoms with Crippen LogP contribution in [-0.4, -0.2) is 11.0 Å². The summed E-state index contributed by atoms with van der Waals surface area (Å²) in [4.78, 5) is 4.13. The molecule has 0 amide bonds. The molecule has 0 saturated heterocycles. The summed E-state index contributed by atoms with van der Waals surface area (Å²) >= 11 is 0. The molecule has 0 aliphatic carbocycles. The normalized spacial score (nSPS) is 12.1. The first-order valence-electron chi connectivity index (χ1n) is 4.31. The van der Waals surface area contributed by atoms with Crippen molar-refractivity contribution in [2.45, 2.75) is 19.4 Å². The molecule has 3 N–H and O–H groups in total. The second-order valence-corrected chi connectivity index (χ2v) is 3.05. The van der Waals surface area contributed by atoms with Crippen molar-refractivity contribution in [3.05, 3.63) is 31.0 Å². The van der Waals surface area contributed by atoms with Crippen molar-refractivity contribution in [2.24, 2.45) is 0 Å². The third-order valence-electron chi connectivity index (χ3n) is 1.70. The van der Waals surface area contributed by atoms with Crippen molar-refractivity contribution in [3.8, 4) is 0 Å². The lowest BCUT2D eigenvalue weighted by Crippen LogP contribution is -2.14. The van der Waals surface area contributed by atoms with Gasteiger partial charge in [-0.05, 0) is 25.5 Å². The van der Waals surface area contributed by atoms with Gasteiger partial charge in [-0.1, -0.05) is 6.08 Å². The summed E-state index contributed by atoms with van der Waals surface area (Å²) in [5.41, 5.74) is 6.19. The molecule has 1 atom stereocenters. The van der Waals surface area contributed by atoms with Gasteiger partial charge in [-0.2, -0.15) is 0 Å². The molecular formula is C10H15N3. The van der Waals surface area contributed by atoms with Crippen LogP contribution in [0.15, 0.2) is 31.0 Å². The van der Waals surface area contributed by atoms with E-state index in [1.165, 1.54) is 0 Å². The van der Waals surface area contributed by atoms with E-state index in [-0.39, 0.29) is 0 Å². The summed E-state index contributed by atoms with van der Waals surface area (Å²) in [5.74, 6) is 0.851. The highest BCUT2D eigenvalue weighted by Crippen LogP contribution is 2.08. The van der Waals surface area contributed by atoms with Crippen LogP contribution < -0.4 is 11.1 Å². The average molecular weight is 177 g/mol. The third-order valence-corrected chi connectivity index (χ3v) is 1.70. The van der Waals surface area contributed by atoms with E-state index in [0.29, 0.717) is 11.7 Å². The van der Waals surface area contributed by atoms with E-state index in [9.17, 15) is 0 Å². The molecule has 1 rings (SSSR count). The average Bonchev–Trinajstić information content (AvgIpc) is 2.09. The first kappa shape index (κ1) is 9.58. The molecule has 0 aliphatic rings. The zero-order valence-corrected chi connectivity index (χ0v) is 7.83. The van der Waals surface area contributed by atoms with Gasteiger partial charge in [0.05, 0.1) is 11.9 Å². The van der Waals surface area contributed by atoms with Crippen LogP contribution in [0.4, 0.5) is 11.5 Å². The fourth-order valence-electron chi connectivity index (χ4n) is 1.05. The standard InChI is InChI=1S/C10H15N3/c1-3-4-8(2)13-10-6-5-9(11)7-12-10/h3,5-8H,1,4,11H2,2H3,(H,12,13). The molecule has 0 spiro atoms. The van der Waals surface area contributed by atoms with E-state index >= 15 is 0 Å². The Morgan fingerprint density at radius 2 is 2.46 bits per heavy atom. The Labute approximate surface area is 78.7 Å². The quantitative estimate of drug-likeness (QED) is 0.692. The predicted molar refractivity (Wildman–Crippen MR) is 56.5 cm³/mol. The molecule has 0 aliphatic heterocycles. The van der Waals surface area contributed by atoms with Crippen LogP contribution in [0.25, 0.3) is 0 Å². The fraction of sp³-hybridized carbons (Fsp3) is 0.300. The van der Waals surface area contributed by atoms with Crippen molar-refractivity contribution in [1.82, 2.24) is 4.98 Å². The molecule has 1 heterocycles. The maximum Gasteiger partial charge on any atom is 0.126 e. The van der Waals surface area contributed by atoms with Gasteiger partial charge in [-0.15, -0.1) is 6.58 Å². The molecule has 0 saturated carbocycles. The Hall–Kier alpha value is -1.51. The van der Waals surface area contributed by atoms with Crippen LogP contribution in [0.3, 0.4) is 0 Å². The van der Waals surface area contributed by atoms with Gasteiger partial charge >= 0.3 is 0 Å². The van der Waals surface area contributed by atoms with Gasteiger partial charge < -0.3 is 11.1 Å². The summed E-state index contributed by atoms with van der Waals surface area (Å²) in [7, 11) is 0. The van der Waals surface area contributed by atoms with Crippen LogP contribution in [0.2, 0.25) is 0 Å². The van der Waals surface area contributed by atoms with Gasteiger partial charge in [0.15, 0.2) is 0 Å². The van der Waals surface area contributed by atoms with Gasteiger partial charge in [0, 0.05) is 6.04 Å². The fourth-order valence-corrected chi connectivity index (χ4v) is 1.05. The lowest BCUT2D eigenvalue weighted by molar-refractivity contribution is 0.808. The number of nitrogens with one attached hydrogen (secondary N) is 1. The summed E-state index contributed by atoms with van der Waals surface area (Å²) in [6.07, 6.45) is 4.45. The molecule has 1 aromatic rings. The molecular weight excluding hydrogens is 162 g/mol. The van der Waals surface area contributed by atoms with Crippen molar-refractivity contribution < 1.29 is 0 Å². The predicted octanol–water partition coefficient (Wildman–Crippen LogP) is 2.04. The first-order valence-corrected chi connectivity index (χ1v) is 4.31. The van der Waals surface area contributed by atoms with Crippen LogP contribution in [0.5, 0.6) is 0 Å². The van der Waals surface area contributed by atoms with Gasteiger partial charge in [0.25, 0.3) is 0 Å². The number of hydrogen-bond acceptors (Lipinski definition) is 3. The minimum absolute atomic E-state index is 0.355. The molecule has 1 aromatic heterocycles. The van der Waals surface area contributed by atoms with Gasteiger partial charge in [0.2, 0.25) is 0 Å². The Balaban J connectivity index is 2.53. The van der Waals surface area contributed by atoms with Crippen molar-refractivity contribution in [1.29, 1.82) is 0 Å². The largest absolute Gasteiger partial charge is 0.397 e. The Morgan fingerprint density at radius 3 is 3.00 bits per heavy atom. The molecule has 1 unspecified atom stereocenters. The topological polar surface area (TPSA) is 50.9 Å². The van der Waals surface area contributed by atoms with Crippen LogP contribution in [0, 0.1) is 0 Å². The molecule has 0 bridgehead atoms. The van der Waals surface area contributed by atoms with E-state index in [2.05, 4.69) is 23.8 Å². The number of nitrogens with zero attached hydrogens (tertiary/aromatic N) is 1. The number of pyridine rings is 1. The number of anilines is 2. The van der Waals surface area contributed by atoms with Gasteiger partial charge in [-0.25, -0.2) is 4.98 Å². The van der Waals surface area contributed by atoms with Crippen LogP contribution in [0.1, 0.15) is 13.3 Å². The highest BCUT2D eigenvalue weighted by molar-refractivity contribution is 5.44. The lowest BCUT2D eigenvalue weighted by Gasteiger charge is -2.11. The number of rotatable bonds is 4. The van der Waals surface area contributed by atoms with Gasteiger partial charge in [0.1, 0.15) is 5.82 Å². The molecule has 3 heteroatoms. The summed E-state index contributed by atoms with van der Waals surface area (Å²) in [5, 5.41) is 3.23. The SMILES string of the molecule is C=CCC(C)Nc1ccc(N)cn1. The molecule has 0 fully saturated rings. The van der Waals surface area contributed by atoms with Crippen LogP contribution in [-0.2, 0) is 0 Å². The minimum atomic E-state index is 0.355. The lowest BCUT2D eigenvalue weighted by atomic mass is 10.2. The van der Waals surface area contributed by atoms with Gasteiger partial charge in [-0.3, -0.25) is 0 Å². The van der Waals surface area contributed by atoms with E-state index < -0.39 is 0 Å². The monoisotopic (exact) mass is 177 g/mol. The number of aromatic nitrogens is 1. The van der Waals surface area contributed by atoms with Crippen molar-refractivity contribution in [3.63, 3.8) is 0 Å². The number of nitrogens with two attached hydrogens (primary N) is 1. The Bertz CT molecular complexity index is 266. The summed E-state index contributed by atoms with van der Waals surface area (Å²) in [6.45, 7) is 5.76.